The number of fused-ring (bicyclic) bond motifs is 10. The molecule has 3 nitrogen and oxygen atoms in total. The van der Waals surface area contributed by atoms with E-state index in [1.807, 2.05) is 12.4 Å². The van der Waals surface area contributed by atoms with Crippen molar-refractivity contribution in [2.75, 3.05) is 0 Å². The lowest BCUT2D eigenvalue weighted by Crippen LogP contribution is -2.53. The van der Waals surface area contributed by atoms with Crippen LogP contribution in [0.5, 0.6) is 0 Å². The van der Waals surface area contributed by atoms with Crippen LogP contribution >= 0.6 is 0 Å². The largest absolute Gasteiger partial charge is 0.393 e. The normalized spacial score (nSPS) is 50.6. The van der Waals surface area contributed by atoms with Gasteiger partial charge in [0.05, 0.1) is 12.2 Å². The molecule has 9 rings (SSSR count). The second-order valence-electron chi connectivity index (χ2n) is 18.9. The van der Waals surface area contributed by atoms with Crippen LogP contribution < -0.4 is 0 Å². The summed E-state index contributed by atoms with van der Waals surface area (Å²) in [5.74, 6) is 6.21. The summed E-state index contributed by atoms with van der Waals surface area (Å²) < 4.78 is 0. The third-order valence-corrected chi connectivity index (χ3v) is 17.1. The van der Waals surface area contributed by atoms with Crippen molar-refractivity contribution in [3.05, 3.63) is 47.8 Å². The van der Waals surface area contributed by atoms with Crippen LogP contribution in [0, 0.1) is 63.1 Å². The molecule has 1 heterocycles. The summed E-state index contributed by atoms with van der Waals surface area (Å²) in [7, 11) is 0. The SMILES string of the molecule is CC12CCCC1C1CCC3C[C@@H](O)CCC3(C)C1CC2.C[C@]12CC[C@H](O)CC1=CC[C@@H]1[C@@H]2CC[C@]2(C)C(c3cccnc3)=CC[C@@H]12. The standard InChI is InChI=1S/C24H31NO.C19H32O/c1-23-11-9-18(26)14-17(23)5-6-19-21-8-7-20(16-4-3-13-25-15-16)24(21,2)12-10-22(19)23;1-18-9-3-4-16(18)15-6-5-13-12-14(20)7-11-19(13,2)17(15)8-10-18/h3-5,7,13,15,18-19,21-22,26H,6,8-12,14H2,1-2H3;13-17,20H,3-12H2,1-2H3/t18-,19-,21-,22-,23-,24+;13?,14-,15?,16?,17?,18?,19?/m00/s1. The van der Waals surface area contributed by atoms with Gasteiger partial charge in [0.15, 0.2) is 0 Å². The first-order valence-electron chi connectivity index (χ1n) is 19.7. The first-order chi connectivity index (χ1) is 22.1. The van der Waals surface area contributed by atoms with Gasteiger partial charge >= 0.3 is 0 Å². The molecular weight excluding hydrogens is 562 g/mol. The summed E-state index contributed by atoms with van der Waals surface area (Å²) in [5, 5.41) is 20.2. The molecule has 6 fully saturated rings. The van der Waals surface area contributed by atoms with Crippen LogP contribution in [-0.2, 0) is 0 Å². The zero-order valence-corrected chi connectivity index (χ0v) is 29.5. The molecule has 3 heteroatoms. The molecule has 8 aliphatic carbocycles. The van der Waals surface area contributed by atoms with E-state index in [4.69, 9.17) is 0 Å². The van der Waals surface area contributed by atoms with Crippen LogP contribution in [0.15, 0.2) is 42.3 Å². The number of rotatable bonds is 1. The number of allylic oxidation sites excluding steroid dienone is 3. The minimum Gasteiger partial charge on any atom is -0.393 e. The highest BCUT2D eigenvalue weighted by atomic mass is 16.3. The first-order valence-corrected chi connectivity index (χ1v) is 19.7. The average molecular weight is 626 g/mol. The third kappa shape index (κ3) is 4.89. The molecule has 0 saturated heterocycles. The summed E-state index contributed by atoms with van der Waals surface area (Å²) in [6.45, 7) is 10.2. The Morgan fingerprint density at radius 3 is 2.33 bits per heavy atom. The van der Waals surface area contributed by atoms with E-state index < -0.39 is 0 Å². The van der Waals surface area contributed by atoms with Gasteiger partial charge in [-0.2, -0.15) is 0 Å². The number of pyridine rings is 1. The Morgan fingerprint density at radius 1 is 0.696 bits per heavy atom. The lowest BCUT2D eigenvalue weighted by atomic mass is 9.45. The van der Waals surface area contributed by atoms with E-state index in [1.54, 1.807) is 11.1 Å². The Hall–Kier alpha value is -1.45. The molecule has 8 aliphatic rings. The fourth-order valence-electron chi connectivity index (χ4n) is 14.4. The van der Waals surface area contributed by atoms with Crippen LogP contribution in [0.4, 0.5) is 0 Å². The Morgan fingerprint density at radius 2 is 1.50 bits per heavy atom. The Balaban J connectivity index is 0.000000140. The quantitative estimate of drug-likeness (QED) is 0.305. The first kappa shape index (κ1) is 31.8. The maximum Gasteiger partial charge on any atom is 0.0577 e. The number of aliphatic hydroxyl groups excluding tert-OH is 2. The number of aromatic nitrogens is 1. The van der Waals surface area contributed by atoms with Crippen LogP contribution in [0.2, 0.25) is 0 Å². The summed E-state index contributed by atoms with van der Waals surface area (Å²) in [4.78, 5) is 4.38. The number of nitrogens with zero attached hydrogens (tertiary/aromatic N) is 1. The van der Waals surface area contributed by atoms with Crippen molar-refractivity contribution < 1.29 is 10.2 Å². The zero-order valence-electron chi connectivity index (χ0n) is 29.5. The lowest BCUT2D eigenvalue weighted by Gasteiger charge is -2.60. The molecule has 6 saturated carbocycles. The second kappa shape index (κ2) is 11.6. The summed E-state index contributed by atoms with van der Waals surface area (Å²) in [6.07, 6.45) is 30.8. The van der Waals surface area contributed by atoms with Crippen molar-refractivity contribution >= 4 is 5.57 Å². The van der Waals surface area contributed by atoms with Gasteiger partial charge in [0, 0.05) is 12.4 Å². The van der Waals surface area contributed by atoms with Gasteiger partial charge in [0.25, 0.3) is 0 Å². The molecule has 1 aromatic heterocycles. The van der Waals surface area contributed by atoms with Crippen molar-refractivity contribution in [2.24, 2.45) is 63.1 Å². The molecule has 13 atom stereocenters. The predicted octanol–water partition coefficient (Wildman–Crippen LogP) is 10.2. The van der Waals surface area contributed by atoms with Gasteiger partial charge in [0.2, 0.25) is 0 Å². The van der Waals surface area contributed by atoms with Crippen molar-refractivity contribution in [3.63, 3.8) is 0 Å². The van der Waals surface area contributed by atoms with Crippen molar-refractivity contribution in [3.8, 4) is 0 Å². The van der Waals surface area contributed by atoms with Crippen molar-refractivity contribution in [2.45, 2.75) is 149 Å². The van der Waals surface area contributed by atoms with Gasteiger partial charge in [-0.25, -0.2) is 0 Å². The van der Waals surface area contributed by atoms with Crippen LogP contribution in [-0.4, -0.2) is 27.4 Å². The topological polar surface area (TPSA) is 53.4 Å². The molecule has 0 radical (unpaired) electrons. The highest BCUT2D eigenvalue weighted by Gasteiger charge is 2.59. The Bertz CT molecular complexity index is 1350. The number of aliphatic hydroxyl groups is 2. The summed E-state index contributed by atoms with van der Waals surface area (Å²) in [5.41, 5.74) is 6.34. The molecule has 46 heavy (non-hydrogen) atoms. The molecule has 0 bridgehead atoms. The number of hydrogen-bond donors (Lipinski definition) is 2. The van der Waals surface area contributed by atoms with E-state index in [9.17, 15) is 10.2 Å². The Kier molecular flexibility index (Phi) is 8.00. The van der Waals surface area contributed by atoms with E-state index >= 15 is 0 Å². The fraction of sp³-hybridized carbons (Fsp3) is 0.791. The molecule has 0 spiro atoms. The predicted molar refractivity (Wildman–Crippen MR) is 188 cm³/mol. The lowest BCUT2D eigenvalue weighted by molar-refractivity contribution is -0.120. The smallest absolute Gasteiger partial charge is 0.0577 e. The van der Waals surface area contributed by atoms with Gasteiger partial charge in [-0.1, -0.05) is 57.9 Å². The molecule has 0 aromatic carbocycles. The van der Waals surface area contributed by atoms with Crippen LogP contribution in [0.25, 0.3) is 5.57 Å². The maximum atomic E-state index is 10.2. The van der Waals surface area contributed by atoms with Gasteiger partial charge < -0.3 is 10.2 Å². The molecule has 6 unspecified atom stereocenters. The Labute approximate surface area is 280 Å². The minimum atomic E-state index is -0.106. The molecular formula is C43H63NO2. The van der Waals surface area contributed by atoms with Gasteiger partial charge in [0.1, 0.15) is 0 Å². The third-order valence-electron chi connectivity index (χ3n) is 17.1. The van der Waals surface area contributed by atoms with E-state index in [0.29, 0.717) is 21.7 Å². The maximum absolute atomic E-state index is 10.2. The average Bonchev–Trinajstić information content (AvgIpc) is 3.62. The number of hydrogen-bond acceptors (Lipinski definition) is 3. The van der Waals surface area contributed by atoms with Crippen LogP contribution in [0.1, 0.15) is 142 Å². The molecule has 1 aromatic rings. The molecule has 2 N–H and O–H groups in total. The summed E-state index contributed by atoms with van der Waals surface area (Å²) >= 11 is 0. The van der Waals surface area contributed by atoms with E-state index in [-0.39, 0.29) is 12.2 Å². The van der Waals surface area contributed by atoms with Crippen molar-refractivity contribution in [1.29, 1.82) is 0 Å². The van der Waals surface area contributed by atoms with Crippen molar-refractivity contribution in [1.82, 2.24) is 4.98 Å². The molecule has 252 valence electrons. The monoisotopic (exact) mass is 625 g/mol. The van der Waals surface area contributed by atoms with E-state index in [2.05, 4.69) is 57.0 Å². The molecule has 0 amide bonds. The molecule has 0 aliphatic heterocycles. The highest BCUT2D eigenvalue weighted by molar-refractivity contribution is 5.72. The zero-order chi connectivity index (χ0) is 31.9. The highest BCUT2D eigenvalue weighted by Crippen LogP contribution is 2.67. The van der Waals surface area contributed by atoms with Gasteiger partial charge in [-0.3, -0.25) is 4.98 Å². The summed E-state index contributed by atoms with van der Waals surface area (Å²) in [6, 6.07) is 4.31. The fourth-order valence-corrected chi connectivity index (χ4v) is 14.4. The van der Waals surface area contributed by atoms with Crippen LogP contribution in [0.3, 0.4) is 0 Å². The van der Waals surface area contributed by atoms with E-state index in [0.717, 1.165) is 67.1 Å². The minimum absolute atomic E-state index is 0.00459. The second-order valence-corrected chi connectivity index (χ2v) is 18.9. The van der Waals surface area contributed by atoms with E-state index in [1.165, 1.54) is 89.0 Å². The van der Waals surface area contributed by atoms with Gasteiger partial charge in [-0.15, -0.1) is 0 Å². The van der Waals surface area contributed by atoms with Gasteiger partial charge in [-0.05, 0) is 183 Å².